The molecule has 3 nitrogen and oxygen atoms in total. The molecule has 2 aliphatic rings. The largest absolute Gasteiger partial charge is 0.486 e. The van der Waals surface area contributed by atoms with Crippen molar-refractivity contribution >= 4 is 11.6 Å². The fraction of sp³-hybridized carbons (Fsp3) is 0.600. The highest BCUT2D eigenvalue weighted by molar-refractivity contribution is 6.32. The van der Waals surface area contributed by atoms with Gasteiger partial charge in [0.1, 0.15) is 13.2 Å². The summed E-state index contributed by atoms with van der Waals surface area (Å²) in [5.74, 6) is 2.31. The second kappa shape index (κ2) is 5.59. The van der Waals surface area contributed by atoms with Gasteiger partial charge in [-0.2, -0.15) is 0 Å². The molecule has 1 aliphatic heterocycles. The molecule has 0 amide bonds. The van der Waals surface area contributed by atoms with Crippen LogP contribution < -0.4 is 14.8 Å². The molecule has 1 fully saturated rings. The van der Waals surface area contributed by atoms with Gasteiger partial charge in [0.15, 0.2) is 11.5 Å². The Balaban J connectivity index is 1.66. The van der Waals surface area contributed by atoms with Crippen LogP contribution in [0.5, 0.6) is 11.5 Å². The molecule has 4 heteroatoms. The number of fused-ring (bicyclic) bond motifs is 1. The van der Waals surface area contributed by atoms with E-state index in [4.69, 9.17) is 21.1 Å². The molecule has 0 aromatic heterocycles. The zero-order valence-corrected chi connectivity index (χ0v) is 12.0. The Morgan fingerprint density at radius 3 is 2.89 bits per heavy atom. The summed E-state index contributed by atoms with van der Waals surface area (Å²) in [6.07, 6.45) is 3.89. The van der Waals surface area contributed by atoms with Gasteiger partial charge in [-0.1, -0.05) is 18.5 Å². The zero-order valence-electron chi connectivity index (χ0n) is 11.2. The Labute approximate surface area is 119 Å². The van der Waals surface area contributed by atoms with Crippen molar-refractivity contribution in [2.75, 3.05) is 13.2 Å². The van der Waals surface area contributed by atoms with Crippen LogP contribution >= 0.6 is 11.6 Å². The molecule has 0 saturated heterocycles. The summed E-state index contributed by atoms with van der Waals surface area (Å²) in [7, 11) is 0. The molecule has 2 atom stereocenters. The quantitative estimate of drug-likeness (QED) is 0.921. The number of rotatable bonds is 3. The molecule has 1 N–H and O–H groups in total. The number of ether oxygens (including phenoxy) is 2. The van der Waals surface area contributed by atoms with E-state index in [-0.39, 0.29) is 0 Å². The van der Waals surface area contributed by atoms with E-state index in [1.807, 2.05) is 12.1 Å². The van der Waals surface area contributed by atoms with Crippen molar-refractivity contribution in [3.05, 3.63) is 22.7 Å². The van der Waals surface area contributed by atoms with Gasteiger partial charge in [0.25, 0.3) is 0 Å². The van der Waals surface area contributed by atoms with Gasteiger partial charge in [0.05, 0.1) is 5.02 Å². The molecule has 1 aliphatic carbocycles. The van der Waals surface area contributed by atoms with Crippen molar-refractivity contribution in [3.8, 4) is 11.5 Å². The maximum atomic E-state index is 6.23. The lowest BCUT2D eigenvalue weighted by molar-refractivity contribution is 0.171. The lowest BCUT2D eigenvalue weighted by Crippen LogP contribution is -2.26. The fourth-order valence-electron chi connectivity index (χ4n) is 2.92. The number of benzene rings is 1. The summed E-state index contributed by atoms with van der Waals surface area (Å²) in [6.45, 7) is 4.33. The van der Waals surface area contributed by atoms with Gasteiger partial charge in [-0.05, 0) is 42.9 Å². The molecule has 1 saturated carbocycles. The Morgan fingerprint density at radius 2 is 2.11 bits per heavy atom. The maximum Gasteiger partial charge on any atom is 0.179 e. The average Bonchev–Trinajstić information content (AvgIpc) is 2.82. The third-order valence-corrected chi connectivity index (χ3v) is 4.23. The standard InChI is InChI=1S/C15H20ClNO2/c1-10-2-3-12(6-10)17-9-11-7-13(16)15-14(8-11)18-4-5-19-15/h7-8,10,12,17H,2-6,9H2,1H3. The molecule has 1 heterocycles. The van der Waals surface area contributed by atoms with Crippen molar-refractivity contribution in [2.24, 2.45) is 5.92 Å². The second-order valence-corrected chi connectivity index (χ2v) is 6.01. The topological polar surface area (TPSA) is 30.5 Å². The van der Waals surface area contributed by atoms with E-state index in [0.29, 0.717) is 30.0 Å². The van der Waals surface area contributed by atoms with E-state index in [1.54, 1.807) is 0 Å². The molecule has 1 aromatic rings. The predicted octanol–water partition coefficient (Wildman–Crippen LogP) is 3.39. The number of halogens is 1. The van der Waals surface area contributed by atoms with Crippen LogP contribution in [-0.4, -0.2) is 19.3 Å². The van der Waals surface area contributed by atoms with Crippen LogP contribution in [0.4, 0.5) is 0 Å². The first kappa shape index (κ1) is 13.1. The van der Waals surface area contributed by atoms with E-state index >= 15 is 0 Å². The molecule has 2 unspecified atom stereocenters. The number of nitrogens with one attached hydrogen (secondary N) is 1. The minimum Gasteiger partial charge on any atom is -0.486 e. The molecular formula is C15H20ClNO2. The molecule has 19 heavy (non-hydrogen) atoms. The predicted molar refractivity (Wildman–Crippen MR) is 76.1 cm³/mol. The molecule has 0 spiro atoms. The third-order valence-electron chi connectivity index (χ3n) is 3.95. The number of hydrogen-bond donors (Lipinski definition) is 1. The van der Waals surface area contributed by atoms with Gasteiger partial charge in [0.2, 0.25) is 0 Å². The molecule has 0 radical (unpaired) electrons. The van der Waals surface area contributed by atoms with Crippen LogP contribution in [0.3, 0.4) is 0 Å². The summed E-state index contributed by atoms with van der Waals surface area (Å²) in [4.78, 5) is 0. The first-order chi connectivity index (χ1) is 9.22. The monoisotopic (exact) mass is 281 g/mol. The van der Waals surface area contributed by atoms with Crippen LogP contribution in [0.2, 0.25) is 5.02 Å². The minimum atomic E-state index is 0.574. The molecule has 104 valence electrons. The molecular weight excluding hydrogens is 262 g/mol. The van der Waals surface area contributed by atoms with E-state index in [0.717, 1.165) is 23.8 Å². The SMILES string of the molecule is CC1CCC(NCc2cc(Cl)c3c(c2)OCCO3)C1. The first-order valence-electron chi connectivity index (χ1n) is 7.04. The van der Waals surface area contributed by atoms with Crippen molar-refractivity contribution in [2.45, 2.75) is 38.8 Å². The molecule has 1 aromatic carbocycles. The zero-order chi connectivity index (χ0) is 13.2. The Hall–Kier alpha value is -0.930. The van der Waals surface area contributed by atoms with Crippen molar-refractivity contribution in [1.82, 2.24) is 5.32 Å². The minimum absolute atomic E-state index is 0.574. The summed E-state index contributed by atoms with van der Waals surface area (Å²) in [5.41, 5.74) is 1.16. The fourth-order valence-corrected chi connectivity index (χ4v) is 3.21. The van der Waals surface area contributed by atoms with Crippen LogP contribution in [-0.2, 0) is 6.54 Å². The Kier molecular flexibility index (Phi) is 3.85. The van der Waals surface area contributed by atoms with Gasteiger partial charge in [-0.15, -0.1) is 0 Å². The van der Waals surface area contributed by atoms with Gasteiger partial charge < -0.3 is 14.8 Å². The highest BCUT2D eigenvalue weighted by Crippen LogP contribution is 2.38. The number of hydrogen-bond acceptors (Lipinski definition) is 3. The average molecular weight is 282 g/mol. The maximum absolute atomic E-state index is 6.23. The van der Waals surface area contributed by atoms with Gasteiger partial charge in [-0.25, -0.2) is 0 Å². The summed E-state index contributed by atoms with van der Waals surface area (Å²) >= 11 is 6.23. The van der Waals surface area contributed by atoms with Gasteiger partial charge in [0, 0.05) is 12.6 Å². The van der Waals surface area contributed by atoms with E-state index in [1.165, 1.54) is 19.3 Å². The second-order valence-electron chi connectivity index (χ2n) is 5.60. The van der Waals surface area contributed by atoms with Crippen LogP contribution in [0.1, 0.15) is 31.7 Å². The lowest BCUT2D eigenvalue weighted by Gasteiger charge is -2.21. The summed E-state index contributed by atoms with van der Waals surface area (Å²) in [6, 6.07) is 4.65. The smallest absolute Gasteiger partial charge is 0.179 e. The Morgan fingerprint density at radius 1 is 1.26 bits per heavy atom. The lowest BCUT2D eigenvalue weighted by atomic mass is 10.1. The van der Waals surface area contributed by atoms with E-state index < -0.39 is 0 Å². The highest BCUT2D eigenvalue weighted by Gasteiger charge is 2.21. The first-order valence-corrected chi connectivity index (χ1v) is 7.41. The highest BCUT2D eigenvalue weighted by atomic mass is 35.5. The summed E-state index contributed by atoms with van der Waals surface area (Å²) < 4.78 is 11.1. The normalized spacial score (nSPS) is 25.6. The molecule has 0 bridgehead atoms. The van der Waals surface area contributed by atoms with Crippen LogP contribution in [0.25, 0.3) is 0 Å². The van der Waals surface area contributed by atoms with Crippen LogP contribution in [0, 0.1) is 5.92 Å². The van der Waals surface area contributed by atoms with Crippen molar-refractivity contribution in [1.29, 1.82) is 0 Å². The van der Waals surface area contributed by atoms with E-state index in [2.05, 4.69) is 12.2 Å². The third kappa shape index (κ3) is 2.98. The van der Waals surface area contributed by atoms with Crippen LogP contribution in [0.15, 0.2) is 12.1 Å². The van der Waals surface area contributed by atoms with E-state index in [9.17, 15) is 0 Å². The van der Waals surface area contributed by atoms with Gasteiger partial charge >= 0.3 is 0 Å². The van der Waals surface area contributed by atoms with Gasteiger partial charge in [-0.3, -0.25) is 0 Å². The van der Waals surface area contributed by atoms with Crippen molar-refractivity contribution in [3.63, 3.8) is 0 Å². The summed E-state index contributed by atoms with van der Waals surface area (Å²) in [5, 5.41) is 4.25. The van der Waals surface area contributed by atoms with Crippen molar-refractivity contribution < 1.29 is 9.47 Å². The Bertz CT molecular complexity index is 464. The molecule has 3 rings (SSSR count).